The topological polar surface area (TPSA) is 92.6 Å². The van der Waals surface area contributed by atoms with Crippen LogP contribution in [0.15, 0.2) is 72.0 Å². The van der Waals surface area contributed by atoms with Crippen molar-refractivity contribution in [2.45, 2.75) is 19.9 Å². The van der Waals surface area contributed by atoms with Crippen LogP contribution < -0.4 is 9.64 Å². The molecule has 4 rings (SSSR count). The van der Waals surface area contributed by atoms with Gasteiger partial charge in [0.05, 0.1) is 18.2 Å². The van der Waals surface area contributed by atoms with Gasteiger partial charge in [0.1, 0.15) is 10.8 Å². The molecule has 0 radical (unpaired) electrons. The number of nitrogens with zero attached hydrogens (tertiary/aromatic N) is 3. The van der Waals surface area contributed by atoms with Gasteiger partial charge in [0.15, 0.2) is 11.5 Å². The van der Waals surface area contributed by atoms with Crippen LogP contribution in [-0.2, 0) is 9.59 Å². The average Bonchev–Trinajstić information content (AvgIpc) is 3.34. The van der Waals surface area contributed by atoms with Crippen LogP contribution in [0.4, 0.5) is 5.13 Å². The van der Waals surface area contributed by atoms with E-state index in [2.05, 4.69) is 10.2 Å². The van der Waals surface area contributed by atoms with E-state index in [4.69, 9.17) is 4.74 Å². The SMILES string of the molecule is CCOc1ccc(C2C(C(=O)/C=C/c3ccccc3)=C(O)C(=O)N2c2nnc(C)s2)cc1. The zero-order valence-electron chi connectivity index (χ0n) is 17.6. The van der Waals surface area contributed by atoms with Gasteiger partial charge in [0.2, 0.25) is 5.13 Å². The molecule has 0 spiro atoms. The molecule has 0 fully saturated rings. The van der Waals surface area contributed by atoms with E-state index in [-0.39, 0.29) is 5.57 Å². The Kier molecular flexibility index (Phi) is 6.13. The van der Waals surface area contributed by atoms with E-state index in [1.807, 2.05) is 37.3 Å². The van der Waals surface area contributed by atoms with E-state index in [0.717, 1.165) is 5.56 Å². The van der Waals surface area contributed by atoms with Gasteiger partial charge < -0.3 is 9.84 Å². The molecule has 1 atom stereocenters. The number of benzene rings is 2. The number of aromatic nitrogens is 2. The maximum Gasteiger partial charge on any atom is 0.296 e. The standard InChI is InChI=1S/C24H21N3O4S/c1-3-31-18-12-10-17(11-13-18)21-20(19(28)14-9-16-7-5-4-6-8-16)22(29)23(30)27(21)24-26-25-15(2)32-24/h4-14,21,29H,3H2,1-2H3/b14-9+. The van der Waals surface area contributed by atoms with Crippen molar-refractivity contribution in [1.29, 1.82) is 0 Å². The first-order valence-electron chi connectivity index (χ1n) is 10.1. The Balaban J connectivity index is 1.75. The number of anilines is 1. The van der Waals surface area contributed by atoms with Gasteiger partial charge in [-0.3, -0.25) is 14.5 Å². The first-order chi connectivity index (χ1) is 15.5. The van der Waals surface area contributed by atoms with E-state index >= 15 is 0 Å². The predicted molar refractivity (Wildman–Crippen MR) is 123 cm³/mol. The minimum atomic E-state index is -0.835. The zero-order chi connectivity index (χ0) is 22.7. The maximum atomic E-state index is 13.2. The summed E-state index contributed by atoms with van der Waals surface area (Å²) in [5.41, 5.74) is 1.48. The minimum Gasteiger partial charge on any atom is -0.503 e. The van der Waals surface area contributed by atoms with Crippen LogP contribution in [0.2, 0.25) is 0 Å². The summed E-state index contributed by atoms with van der Waals surface area (Å²) in [7, 11) is 0. The number of hydrogen-bond donors (Lipinski definition) is 1. The maximum absolute atomic E-state index is 13.2. The highest BCUT2D eigenvalue weighted by Crippen LogP contribution is 2.42. The molecule has 1 aliphatic rings. The molecule has 3 aromatic rings. The Labute approximate surface area is 189 Å². The molecule has 1 N–H and O–H groups in total. The lowest BCUT2D eigenvalue weighted by molar-refractivity contribution is -0.117. The lowest BCUT2D eigenvalue weighted by Gasteiger charge is -2.24. The average molecular weight is 448 g/mol. The Morgan fingerprint density at radius 1 is 1.16 bits per heavy atom. The minimum absolute atomic E-state index is 0.000746. The van der Waals surface area contributed by atoms with Gasteiger partial charge in [-0.25, -0.2) is 0 Å². The van der Waals surface area contributed by atoms with E-state index in [1.165, 1.54) is 22.3 Å². The van der Waals surface area contributed by atoms with Gasteiger partial charge in [0, 0.05) is 0 Å². The summed E-state index contributed by atoms with van der Waals surface area (Å²) in [6.45, 7) is 4.18. The summed E-state index contributed by atoms with van der Waals surface area (Å²) in [5, 5.41) is 19.7. The summed E-state index contributed by atoms with van der Waals surface area (Å²) in [6.07, 6.45) is 3.02. The number of amides is 1. The normalized spacial score (nSPS) is 16.2. The third-order valence-corrected chi connectivity index (χ3v) is 5.77. The van der Waals surface area contributed by atoms with Gasteiger partial charge in [-0.05, 0) is 43.2 Å². The molecule has 0 saturated heterocycles. The number of carbonyl (C=O) groups is 2. The van der Waals surface area contributed by atoms with Crippen LogP contribution in [0.1, 0.15) is 29.1 Å². The van der Waals surface area contributed by atoms with E-state index in [0.29, 0.717) is 28.1 Å². The number of aliphatic hydroxyl groups is 1. The van der Waals surface area contributed by atoms with Crippen molar-refractivity contribution in [3.8, 4) is 5.75 Å². The second-order valence-electron chi connectivity index (χ2n) is 7.05. The van der Waals surface area contributed by atoms with Crippen LogP contribution in [0, 0.1) is 6.92 Å². The van der Waals surface area contributed by atoms with Gasteiger partial charge in [0.25, 0.3) is 5.91 Å². The molecule has 0 bridgehead atoms. The number of aryl methyl sites for hydroxylation is 1. The number of allylic oxidation sites excluding steroid dienone is 1. The smallest absolute Gasteiger partial charge is 0.296 e. The number of carbonyl (C=O) groups excluding carboxylic acids is 2. The molecule has 7 nitrogen and oxygen atoms in total. The van der Waals surface area contributed by atoms with Crippen LogP contribution in [0.25, 0.3) is 6.08 Å². The fourth-order valence-electron chi connectivity index (χ4n) is 3.49. The van der Waals surface area contributed by atoms with Crippen LogP contribution in [-0.4, -0.2) is 33.6 Å². The summed E-state index contributed by atoms with van der Waals surface area (Å²) >= 11 is 1.22. The molecule has 1 aliphatic heterocycles. The summed E-state index contributed by atoms with van der Waals surface area (Å²) in [5.74, 6) is -1.05. The summed E-state index contributed by atoms with van der Waals surface area (Å²) < 4.78 is 5.50. The monoisotopic (exact) mass is 447 g/mol. The fraction of sp³-hybridized carbons (Fsp3) is 0.167. The molecule has 162 valence electrons. The Bertz CT molecular complexity index is 1200. The largest absolute Gasteiger partial charge is 0.503 e. The van der Waals surface area contributed by atoms with Crippen molar-refractivity contribution >= 4 is 34.2 Å². The lowest BCUT2D eigenvalue weighted by Crippen LogP contribution is -2.30. The molecule has 0 saturated carbocycles. The molecule has 1 amide bonds. The zero-order valence-corrected chi connectivity index (χ0v) is 18.4. The molecular weight excluding hydrogens is 426 g/mol. The van der Waals surface area contributed by atoms with E-state index < -0.39 is 23.5 Å². The summed E-state index contributed by atoms with van der Waals surface area (Å²) in [4.78, 5) is 27.5. The van der Waals surface area contributed by atoms with Crippen LogP contribution in [0.5, 0.6) is 5.75 Å². The number of aliphatic hydroxyl groups excluding tert-OH is 1. The van der Waals surface area contributed by atoms with Crippen molar-refractivity contribution in [3.05, 3.63) is 88.1 Å². The molecule has 1 aromatic heterocycles. The first-order valence-corrected chi connectivity index (χ1v) is 10.9. The number of hydrogen-bond acceptors (Lipinski definition) is 7. The fourth-order valence-corrected chi connectivity index (χ4v) is 4.21. The van der Waals surface area contributed by atoms with Crippen LogP contribution >= 0.6 is 11.3 Å². The first kappa shape index (κ1) is 21.5. The quantitative estimate of drug-likeness (QED) is 0.539. The van der Waals surface area contributed by atoms with Crippen LogP contribution in [0.3, 0.4) is 0 Å². The van der Waals surface area contributed by atoms with Crippen molar-refractivity contribution < 1.29 is 19.4 Å². The van der Waals surface area contributed by atoms with E-state index in [9.17, 15) is 14.7 Å². The Morgan fingerprint density at radius 3 is 2.50 bits per heavy atom. The molecule has 2 heterocycles. The van der Waals surface area contributed by atoms with Crippen molar-refractivity contribution in [2.75, 3.05) is 11.5 Å². The lowest BCUT2D eigenvalue weighted by atomic mass is 9.95. The highest BCUT2D eigenvalue weighted by molar-refractivity contribution is 7.15. The third kappa shape index (κ3) is 4.17. The number of rotatable bonds is 7. The highest BCUT2D eigenvalue weighted by Gasteiger charge is 2.45. The predicted octanol–water partition coefficient (Wildman–Crippen LogP) is 4.43. The third-order valence-electron chi connectivity index (χ3n) is 4.93. The van der Waals surface area contributed by atoms with Gasteiger partial charge in [-0.1, -0.05) is 59.9 Å². The highest BCUT2D eigenvalue weighted by atomic mass is 32.1. The molecular formula is C24H21N3O4S. The van der Waals surface area contributed by atoms with Crippen molar-refractivity contribution in [3.63, 3.8) is 0 Å². The Hall–Kier alpha value is -3.78. The molecule has 1 unspecified atom stereocenters. The number of ketones is 1. The molecule has 32 heavy (non-hydrogen) atoms. The molecule has 8 heteroatoms. The number of ether oxygens (including phenoxy) is 1. The van der Waals surface area contributed by atoms with E-state index in [1.54, 1.807) is 37.3 Å². The van der Waals surface area contributed by atoms with Gasteiger partial charge in [-0.2, -0.15) is 0 Å². The Morgan fingerprint density at radius 2 is 1.88 bits per heavy atom. The van der Waals surface area contributed by atoms with Gasteiger partial charge in [-0.15, -0.1) is 10.2 Å². The second-order valence-corrected chi connectivity index (χ2v) is 8.21. The molecule has 2 aromatic carbocycles. The van der Waals surface area contributed by atoms with Gasteiger partial charge >= 0.3 is 0 Å². The van der Waals surface area contributed by atoms with Crippen molar-refractivity contribution in [2.24, 2.45) is 0 Å². The van der Waals surface area contributed by atoms with Crippen molar-refractivity contribution in [1.82, 2.24) is 10.2 Å². The molecule has 0 aliphatic carbocycles. The second kappa shape index (κ2) is 9.15. The summed E-state index contributed by atoms with van der Waals surface area (Å²) in [6, 6.07) is 15.6.